The van der Waals surface area contributed by atoms with Gasteiger partial charge in [-0.25, -0.2) is 0 Å². The van der Waals surface area contributed by atoms with Gasteiger partial charge in [0.2, 0.25) is 0 Å². The second-order valence-electron chi connectivity index (χ2n) is 14.4. The van der Waals surface area contributed by atoms with Gasteiger partial charge in [-0.3, -0.25) is 0 Å². The van der Waals surface area contributed by atoms with Crippen molar-refractivity contribution in [1.29, 1.82) is 0 Å². The van der Waals surface area contributed by atoms with E-state index in [-0.39, 0.29) is 0 Å². The van der Waals surface area contributed by atoms with E-state index in [9.17, 15) is 0 Å². The Morgan fingerprint density at radius 3 is 1.48 bits per heavy atom. The monoisotopic (exact) mass is 682 g/mol. The van der Waals surface area contributed by atoms with Gasteiger partial charge >= 0.3 is 0 Å². The molecule has 0 heteroatoms. The van der Waals surface area contributed by atoms with Gasteiger partial charge in [-0.2, -0.15) is 0 Å². The first kappa shape index (κ1) is 30.6. The third kappa shape index (κ3) is 4.78. The molecule has 0 fully saturated rings. The van der Waals surface area contributed by atoms with Crippen LogP contribution >= 0.6 is 0 Å². The van der Waals surface area contributed by atoms with Crippen molar-refractivity contribution in [3.63, 3.8) is 0 Å². The molecule has 0 radical (unpaired) electrons. The Hall–Kier alpha value is -7.02. The Labute approximate surface area is 314 Å². The molecule has 54 heavy (non-hydrogen) atoms. The van der Waals surface area contributed by atoms with Crippen molar-refractivity contribution in [2.24, 2.45) is 0 Å². The lowest BCUT2D eigenvalue weighted by atomic mass is 9.81. The smallest absolute Gasteiger partial charge is 0.00199 e. The van der Waals surface area contributed by atoms with Crippen LogP contribution in [0.3, 0.4) is 0 Å². The van der Waals surface area contributed by atoms with Crippen molar-refractivity contribution in [1.82, 2.24) is 0 Å². The van der Waals surface area contributed by atoms with Gasteiger partial charge in [0, 0.05) is 0 Å². The largest absolute Gasteiger partial charge is 0.0616 e. The Morgan fingerprint density at radius 2 is 0.685 bits per heavy atom. The summed E-state index contributed by atoms with van der Waals surface area (Å²) >= 11 is 0. The topological polar surface area (TPSA) is 0 Å². The molecule has 250 valence electrons. The zero-order chi connectivity index (χ0) is 35.6. The molecule has 0 heterocycles. The van der Waals surface area contributed by atoms with E-state index in [1.807, 2.05) is 0 Å². The molecular weight excluding hydrogens is 649 g/mol. The lowest BCUT2D eigenvalue weighted by Crippen LogP contribution is -1.94. The van der Waals surface area contributed by atoms with Gasteiger partial charge in [0.25, 0.3) is 0 Å². The number of fused-ring (bicyclic) bond motifs is 7. The minimum Gasteiger partial charge on any atom is -0.0616 e. The summed E-state index contributed by atoms with van der Waals surface area (Å²) in [6, 6.07) is 76.3. The minimum atomic E-state index is 1.21. The predicted molar refractivity (Wildman–Crippen MR) is 233 cm³/mol. The molecule has 11 rings (SSSR count). The van der Waals surface area contributed by atoms with Crippen LogP contribution in [0.2, 0.25) is 0 Å². The van der Waals surface area contributed by atoms with Crippen LogP contribution in [0.4, 0.5) is 0 Å². The second kappa shape index (κ2) is 12.3. The Balaban J connectivity index is 1.28. The van der Waals surface area contributed by atoms with Crippen LogP contribution in [0.25, 0.3) is 109 Å². The van der Waals surface area contributed by atoms with Crippen LogP contribution in [0.15, 0.2) is 206 Å². The summed E-state index contributed by atoms with van der Waals surface area (Å²) in [5.74, 6) is 0. The van der Waals surface area contributed by atoms with Crippen molar-refractivity contribution in [3.05, 3.63) is 206 Å². The third-order valence-corrected chi connectivity index (χ3v) is 11.4. The molecule has 0 aliphatic heterocycles. The fourth-order valence-electron chi connectivity index (χ4n) is 8.96. The van der Waals surface area contributed by atoms with Gasteiger partial charge < -0.3 is 0 Å². The maximum Gasteiger partial charge on any atom is -0.00199 e. The van der Waals surface area contributed by atoms with Crippen LogP contribution in [0.5, 0.6) is 0 Å². The summed E-state index contributed by atoms with van der Waals surface area (Å²) in [4.78, 5) is 0. The highest BCUT2D eigenvalue weighted by Crippen LogP contribution is 2.49. The first-order valence-electron chi connectivity index (χ1n) is 18.8. The SMILES string of the molecule is c1ccc(-c2cc3ccccc3c3ccccc23)c(-c2c3ccccc3c(-c3cccc4ccccc34)c3ccc(-c4ccc5ccccc5c4)cc23)c1. The molecular formula is C54H34. The summed E-state index contributed by atoms with van der Waals surface area (Å²) in [6.45, 7) is 0. The molecule has 0 saturated carbocycles. The van der Waals surface area contributed by atoms with Gasteiger partial charge in [0.1, 0.15) is 0 Å². The van der Waals surface area contributed by atoms with E-state index >= 15 is 0 Å². The molecule has 11 aromatic rings. The highest BCUT2D eigenvalue weighted by molar-refractivity contribution is 6.25. The minimum absolute atomic E-state index is 1.21. The molecule has 0 nitrogen and oxygen atoms in total. The van der Waals surface area contributed by atoms with Crippen molar-refractivity contribution in [3.8, 4) is 44.5 Å². The first-order valence-corrected chi connectivity index (χ1v) is 18.8. The molecule has 0 N–H and O–H groups in total. The number of hydrogen-bond donors (Lipinski definition) is 0. The van der Waals surface area contributed by atoms with E-state index in [2.05, 4.69) is 206 Å². The first-order chi connectivity index (χ1) is 26.8. The Bertz CT molecular complexity index is 3270. The normalized spacial score (nSPS) is 11.7. The lowest BCUT2D eigenvalue weighted by Gasteiger charge is -2.22. The van der Waals surface area contributed by atoms with Crippen molar-refractivity contribution in [2.45, 2.75) is 0 Å². The average molecular weight is 683 g/mol. The van der Waals surface area contributed by atoms with Crippen LogP contribution in [0.1, 0.15) is 0 Å². The number of rotatable bonds is 4. The predicted octanol–water partition coefficient (Wildman–Crippen LogP) is 15.3. The number of benzene rings is 11. The zero-order valence-corrected chi connectivity index (χ0v) is 29.6. The standard InChI is InChI=1S/C54H34/c1-2-16-37-32-38(29-28-35(37)14-1)39-30-31-50-52(33-39)54(49-26-12-11-25-48(49)53(50)46-27-13-18-36-15-3-5-19-41(36)46)47-24-10-9-23-45(47)51-34-40-17-4-6-20-42(40)43-21-7-8-22-44(43)51/h1-34H. The third-order valence-electron chi connectivity index (χ3n) is 11.4. The fraction of sp³-hybridized carbons (Fsp3) is 0. The quantitative estimate of drug-likeness (QED) is 0.128. The molecule has 0 saturated heterocycles. The Kier molecular flexibility index (Phi) is 6.97. The summed E-state index contributed by atoms with van der Waals surface area (Å²) in [5.41, 5.74) is 9.95. The van der Waals surface area contributed by atoms with Crippen LogP contribution in [-0.2, 0) is 0 Å². The van der Waals surface area contributed by atoms with Gasteiger partial charge in [0.05, 0.1) is 0 Å². The van der Waals surface area contributed by atoms with Crippen LogP contribution in [-0.4, -0.2) is 0 Å². The Morgan fingerprint density at radius 1 is 0.185 bits per heavy atom. The van der Waals surface area contributed by atoms with Gasteiger partial charge in [0.15, 0.2) is 0 Å². The highest BCUT2D eigenvalue weighted by atomic mass is 14.2. The summed E-state index contributed by atoms with van der Waals surface area (Å²) in [5, 5.41) is 15.1. The van der Waals surface area contributed by atoms with Gasteiger partial charge in [-0.1, -0.05) is 188 Å². The van der Waals surface area contributed by atoms with E-state index in [1.165, 1.54) is 109 Å². The molecule has 0 unspecified atom stereocenters. The fourth-order valence-corrected chi connectivity index (χ4v) is 8.96. The van der Waals surface area contributed by atoms with E-state index < -0.39 is 0 Å². The van der Waals surface area contributed by atoms with Crippen LogP contribution in [0, 0.1) is 0 Å². The van der Waals surface area contributed by atoms with E-state index in [1.54, 1.807) is 0 Å². The van der Waals surface area contributed by atoms with Crippen molar-refractivity contribution < 1.29 is 0 Å². The van der Waals surface area contributed by atoms with Gasteiger partial charge in [-0.05, 0) is 127 Å². The maximum absolute atomic E-state index is 2.45. The molecule has 0 aromatic heterocycles. The van der Waals surface area contributed by atoms with Crippen molar-refractivity contribution >= 4 is 64.6 Å². The van der Waals surface area contributed by atoms with E-state index in [4.69, 9.17) is 0 Å². The lowest BCUT2D eigenvalue weighted by molar-refractivity contribution is 1.63. The molecule has 0 aliphatic rings. The summed E-state index contributed by atoms with van der Waals surface area (Å²) < 4.78 is 0. The maximum atomic E-state index is 2.45. The van der Waals surface area contributed by atoms with Crippen LogP contribution < -0.4 is 0 Å². The summed E-state index contributed by atoms with van der Waals surface area (Å²) in [6.07, 6.45) is 0. The summed E-state index contributed by atoms with van der Waals surface area (Å²) in [7, 11) is 0. The van der Waals surface area contributed by atoms with E-state index in [0.717, 1.165) is 0 Å². The van der Waals surface area contributed by atoms with Gasteiger partial charge in [-0.15, -0.1) is 0 Å². The molecule has 0 amide bonds. The molecule has 0 atom stereocenters. The average Bonchev–Trinajstić information content (AvgIpc) is 3.25. The molecule has 0 aliphatic carbocycles. The van der Waals surface area contributed by atoms with Crippen molar-refractivity contribution in [2.75, 3.05) is 0 Å². The second-order valence-corrected chi connectivity index (χ2v) is 14.4. The molecule has 11 aromatic carbocycles. The zero-order valence-electron chi connectivity index (χ0n) is 29.6. The highest BCUT2D eigenvalue weighted by Gasteiger charge is 2.21. The number of hydrogen-bond acceptors (Lipinski definition) is 0. The van der Waals surface area contributed by atoms with E-state index in [0.29, 0.717) is 0 Å². The molecule has 0 spiro atoms. The molecule has 0 bridgehead atoms.